The van der Waals surface area contributed by atoms with Crippen molar-refractivity contribution >= 4 is 17.2 Å². The summed E-state index contributed by atoms with van der Waals surface area (Å²) in [5.41, 5.74) is 0. The first-order valence-electron chi connectivity index (χ1n) is 7.79. The number of thiazole rings is 1. The molecule has 1 aromatic rings. The number of ether oxygens (including phenoxy) is 2. The lowest BCUT2D eigenvalue weighted by Crippen LogP contribution is -2.42. The van der Waals surface area contributed by atoms with Crippen molar-refractivity contribution in [1.29, 1.82) is 0 Å². The fourth-order valence-corrected chi connectivity index (χ4v) is 3.88. The zero-order chi connectivity index (χ0) is 15.4. The van der Waals surface area contributed by atoms with Crippen LogP contribution < -0.4 is 5.32 Å². The maximum absolute atomic E-state index is 12.1. The largest absolute Gasteiger partial charge is 0.383 e. The number of hydrogen-bond donors (Lipinski definition) is 1. The molecule has 122 valence electrons. The molecule has 22 heavy (non-hydrogen) atoms. The van der Waals surface area contributed by atoms with E-state index in [0.717, 1.165) is 37.5 Å². The highest BCUT2D eigenvalue weighted by Crippen LogP contribution is 2.33. The summed E-state index contributed by atoms with van der Waals surface area (Å²) < 4.78 is 10.9. The lowest BCUT2D eigenvalue weighted by atomic mass is 9.91. The van der Waals surface area contributed by atoms with Gasteiger partial charge in [0.25, 0.3) is 0 Å². The molecule has 2 saturated heterocycles. The van der Waals surface area contributed by atoms with Crippen molar-refractivity contribution in [2.24, 2.45) is 5.92 Å². The Labute approximate surface area is 134 Å². The minimum Gasteiger partial charge on any atom is -0.383 e. The Balaban J connectivity index is 1.47. The molecule has 0 radical (unpaired) electrons. The summed E-state index contributed by atoms with van der Waals surface area (Å²) in [6, 6.07) is 0. The Morgan fingerprint density at radius 1 is 1.64 bits per heavy atom. The van der Waals surface area contributed by atoms with E-state index in [1.165, 1.54) is 0 Å². The van der Waals surface area contributed by atoms with Crippen molar-refractivity contribution < 1.29 is 14.3 Å². The van der Waals surface area contributed by atoms with E-state index < -0.39 is 0 Å². The molecule has 3 rings (SSSR count). The molecule has 7 heteroatoms. The van der Waals surface area contributed by atoms with Crippen molar-refractivity contribution in [3.63, 3.8) is 0 Å². The molecule has 1 amide bonds. The summed E-state index contributed by atoms with van der Waals surface area (Å²) in [6.45, 7) is 3.91. The zero-order valence-corrected chi connectivity index (χ0v) is 13.7. The van der Waals surface area contributed by atoms with Crippen LogP contribution in [0.4, 0.5) is 0 Å². The molecule has 3 atom stereocenters. The van der Waals surface area contributed by atoms with Crippen LogP contribution in [-0.4, -0.2) is 61.3 Å². The summed E-state index contributed by atoms with van der Waals surface area (Å²) in [5, 5.41) is 6.02. The first-order chi connectivity index (χ1) is 10.8. The molecule has 2 fully saturated rings. The second-order valence-corrected chi connectivity index (χ2v) is 6.87. The molecule has 6 nitrogen and oxygen atoms in total. The molecule has 0 aromatic carbocycles. The summed E-state index contributed by atoms with van der Waals surface area (Å²) in [5.74, 6) is 0.503. The number of carbonyl (C=O) groups excluding carboxylic acids is 1. The molecule has 0 bridgehead atoms. The smallest absolute Gasteiger partial charge is 0.249 e. The standard InChI is InChI=1S/C15H23N3O3S/c1-20-6-3-17-15(19)12-8-11-2-5-18(9-13(11)21-12)10-14-16-4-7-22-14/h4,7,11-13H,2-3,5-6,8-10H2,1H3,(H,17,19)/t11-,12-,13-/m0/s1. The summed E-state index contributed by atoms with van der Waals surface area (Å²) in [7, 11) is 1.63. The molecule has 2 aliphatic rings. The number of carbonyl (C=O) groups is 1. The van der Waals surface area contributed by atoms with Gasteiger partial charge < -0.3 is 14.8 Å². The Hall–Kier alpha value is -1.02. The lowest BCUT2D eigenvalue weighted by molar-refractivity contribution is -0.133. The third kappa shape index (κ3) is 3.84. The van der Waals surface area contributed by atoms with E-state index in [1.807, 2.05) is 11.6 Å². The van der Waals surface area contributed by atoms with Crippen molar-refractivity contribution in [2.45, 2.75) is 31.6 Å². The normalized spacial score (nSPS) is 28.5. The second-order valence-electron chi connectivity index (χ2n) is 5.89. The molecular weight excluding hydrogens is 302 g/mol. The van der Waals surface area contributed by atoms with Crippen LogP contribution in [0.1, 0.15) is 17.8 Å². The molecule has 2 aliphatic heterocycles. The van der Waals surface area contributed by atoms with Crippen LogP contribution in [0.5, 0.6) is 0 Å². The highest BCUT2D eigenvalue weighted by atomic mass is 32.1. The van der Waals surface area contributed by atoms with Crippen molar-refractivity contribution in [2.75, 3.05) is 33.4 Å². The number of amides is 1. The monoisotopic (exact) mass is 325 g/mol. The van der Waals surface area contributed by atoms with Crippen LogP contribution in [0.2, 0.25) is 0 Å². The summed E-state index contributed by atoms with van der Waals surface area (Å²) >= 11 is 1.69. The minimum atomic E-state index is -0.299. The number of nitrogens with one attached hydrogen (secondary N) is 1. The SMILES string of the molecule is COCCNC(=O)[C@@H]1C[C@@H]2CCN(Cc3nccs3)C[C@@H]2O1. The second kappa shape index (κ2) is 7.50. The van der Waals surface area contributed by atoms with Gasteiger partial charge in [-0.3, -0.25) is 9.69 Å². The molecule has 0 aliphatic carbocycles. The number of likely N-dealkylation sites (tertiary alicyclic amines) is 1. The van der Waals surface area contributed by atoms with Crippen molar-refractivity contribution in [1.82, 2.24) is 15.2 Å². The van der Waals surface area contributed by atoms with E-state index in [4.69, 9.17) is 9.47 Å². The molecule has 0 spiro atoms. The predicted molar refractivity (Wildman–Crippen MR) is 83.7 cm³/mol. The van der Waals surface area contributed by atoms with Crippen LogP contribution in [0, 0.1) is 5.92 Å². The van der Waals surface area contributed by atoms with Gasteiger partial charge in [0, 0.05) is 31.8 Å². The topological polar surface area (TPSA) is 63.7 Å². The predicted octanol–water partition coefficient (Wildman–Crippen LogP) is 0.885. The average Bonchev–Trinajstić information content (AvgIpc) is 3.16. The van der Waals surface area contributed by atoms with Crippen LogP contribution >= 0.6 is 11.3 Å². The highest BCUT2D eigenvalue weighted by molar-refractivity contribution is 7.09. The van der Waals surface area contributed by atoms with E-state index in [9.17, 15) is 4.79 Å². The van der Waals surface area contributed by atoms with Gasteiger partial charge in [0.2, 0.25) is 5.91 Å². The van der Waals surface area contributed by atoms with E-state index in [2.05, 4.69) is 15.2 Å². The lowest BCUT2D eigenvalue weighted by Gasteiger charge is -2.33. The molecule has 0 unspecified atom stereocenters. The quantitative estimate of drug-likeness (QED) is 0.787. The first-order valence-corrected chi connectivity index (χ1v) is 8.67. The van der Waals surface area contributed by atoms with Crippen LogP contribution in [-0.2, 0) is 20.8 Å². The van der Waals surface area contributed by atoms with Gasteiger partial charge in [-0.2, -0.15) is 0 Å². The van der Waals surface area contributed by atoms with Crippen LogP contribution in [0.15, 0.2) is 11.6 Å². The molecule has 1 aromatic heterocycles. The summed E-state index contributed by atoms with van der Waals surface area (Å²) in [6.07, 6.45) is 3.66. The van der Waals surface area contributed by atoms with E-state index in [0.29, 0.717) is 19.1 Å². The van der Waals surface area contributed by atoms with Crippen LogP contribution in [0.25, 0.3) is 0 Å². The Morgan fingerprint density at radius 2 is 2.55 bits per heavy atom. The average molecular weight is 325 g/mol. The number of hydrogen-bond acceptors (Lipinski definition) is 6. The van der Waals surface area contributed by atoms with Crippen molar-refractivity contribution in [3.8, 4) is 0 Å². The third-order valence-corrected chi connectivity index (χ3v) is 5.14. The Bertz CT molecular complexity index is 482. The van der Waals surface area contributed by atoms with Gasteiger partial charge in [0.1, 0.15) is 11.1 Å². The Morgan fingerprint density at radius 3 is 3.32 bits per heavy atom. The molecule has 0 saturated carbocycles. The van der Waals surface area contributed by atoms with E-state index in [1.54, 1.807) is 18.4 Å². The number of piperidine rings is 1. The number of methoxy groups -OCH3 is 1. The maximum Gasteiger partial charge on any atom is 0.249 e. The van der Waals surface area contributed by atoms with E-state index >= 15 is 0 Å². The number of aromatic nitrogens is 1. The van der Waals surface area contributed by atoms with Gasteiger partial charge in [-0.15, -0.1) is 11.3 Å². The van der Waals surface area contributed by atoms with Crippen molar-refractivity contribution in [3.05, 3.63) is 16.6 Å². The number of fused-ring (bicyclic) bond motifs is 1. The summed E-state index contributed by atoms with van der Waals surface area (Å²) in [4.78, 5) is 18.8. The van der Waals surface area contributed by atoms with Gasteiger partial charge in [0.05, 0.1) is 19.3 Å². The third-order valence-electron chi connectivity index (χ3n) is 4.38. The maximum atomic E-state index is 12.1. The van der Waals surface area contributed by atoms with Gasteiger partial charge >= 0.3 is 0 Å². The van der Waals surface area contributed by atoms with Gasteiger partial charge in [-0.1, -0.05) is 0 Å². The van der Waals surface area contributed by atoms with Gasteiger partial charge in [-0.05, 0) is 25.3 Å². The highest BCUT2D eigenvalue weighted by Gasteiger charge is 2.41. The van der Waals surface area contributed by atoms with Crippen LogP contribution in [0.3, 0.4) is 0 Å². The molecule has 1 N–H and O–H groups in total. The van der Waals surface area contributed by atoms with Gasteiger partial charge in [-0.25, -0.2) is 4.98 Å². The van der Waals surface area contributed by atoms with E-state index in [-0.39, 0.29) is 18.1 Å². The minimum absolute atomic E-state index is 0.00192. The zero-order valence-electron chi connectivity index (χ0n) is 12.9. The molecule has 3 heterocycles. The number of rotatable bonds is 6. The molecular formula is C15H23N3O3S. The fraction of sp³-hybridized carbons (Fsp3) is 0.733. The fourth-order valence-electron chi connectivity index (χ4n) is 3.22. The number of nitrogens with zero attached hydrogens (tertiary/aromatic N) is 2. The van der Waals surface area contributed by atoms with Gasteiger partial charge in [0.15, 0.2) is 0 Å². The first kappa shape index (κ1) is 15.9. The Kier molecular flexibility index (Phi) is 5.41.